The fraction of sp³-hybridized carbons (Fsp3) is 0.409. The second-order valence-electron chi connectivity index (χ2n) is 8.93. The number of aromatic nitrogens is 1. The average molecular weight is 600 g/mol. The van der Waals surface area contributed by atoms with Crippen LogP contribution in [0.25, 0.3) is 10.2 Å². The average Bonchev–Trinajstić information content (AvgIpc) is 3.38. The van der Waals surface area contributed by atoms with E-state index >= 15 is 0 Å². The van der Waals surface area contributed by atoms with Crippen molar-refractivity contribution in [1.29, 1.82) is 0 Å². The molecule has 212 valence electrons. The smallest absolute Gasteiger partial charge is 0.428 e. The van der Waals surface area contributed by atoms with Gasteiger partial charge in [-0.15, -0.1) is 10.2 Å². The lowest BCUT2D eigenvalue weighted by atomic mass is 10.1. The molecular formula is C22H20F7N5O3S2. The molecule has 17 heteroatoms. The third kappa shape index (κ3) is 6.34. The summed E-state index contributed by atoms with van der Waals surface area (Å²) in [5.41, 5.74) is -4.70. The van der Waals surface area contributed by atoms with Crippen molar-refractivity contribution in [3.8, 4) is 5.75 Å². The van der Waals surface area contributed by atoms with Crippen LogP contribution in [-0.2, 0) is 16.4 Å². The van der Waals surface area contributed by atoms with Gasteiger partial charge in [0.25, 0.3) is 0 Å². The highest BCUT2D eigenvalue weighted by molar-refractivity contribution is 7.93. The van der Waals surface area contributed by atoms with Crippen LogP contribution < -0.4 is 14.4 Å². The lowest BCUT2D eigenvalue weighted by Crippen LogP contribution is -2.33. The molecule has 0 radical (unpaired) electrons. The van der Waals surface area contributed by atoms with Gasteiger partial charge in [0, 0.05) is 18.8 Å². The van der Waals surface area contributed by atoms with E-state index < -0.39 is 39.5 Å². The lowest BCUT2D eigenvalue weighted by Gasteiger charge is -2.22. The summed E-state index contributed by atoms with van der Waals surface area (Å²) in [4.78, 5) is 6.03. The molecule has 0 saturated heterocycles. The highest BCUT2D eigenvalue weighted by atomic mass is 32.2. The number of halogens is 7. The molecule has 1 N–H and O–H groups in total. The molecule has 0 unspecified atom stereocenters. The number of azo groups is 1. The molecule has 0 saturated carbocycles. The number of benzene rings is 2. The van der Waals surface area contributed by atoms with E-state index in [1.807, 2.05) is 18.7 Å². The minimum Gasteiger partial charge on any atom is -0.428 e. The topological polar surface area (TPSA) is 96.2 Å². The Morgan fingerprint density at radius 1 is 1.13 bits per heavy atom. The molecule has 1 aliphatic heterocycles. The number of nitrogens with zero attached hydrogens (tertiary/aromatic N) is 4. The first-order chi connectivity index (χ1) is 18.1. The van der Waals surface area contributed by atoms with E-state index in [2.05, 4.69) is 19.9 Å². The van der Waals surface area contributed by atoms with E-state index in [1.165, 1.54) is 22.9 Å². The Balaban J connectivity index is 1.68. The maximum atomic E-state index is 13.2. The SMILES string of the molecule is CC(C)CN1CCc2cc(N=Nc3nc4ccc(OC(F)(F)C(F)F)cc4s3)c(NS(=O)(=O)C(F)(F)F)cc21. The van der Waals surface area contributed by atoms with Crippen LogP contribution in [0.15, 0.2) is 40.6 Å². The number of alkyl halides is 7. The van der Waals surface area contributed by atoms with Gasteiger partial charge in [-0.05, 0) is 48.2 Å². The minimum absolute atomic E-state index is 0.0608. The fourth-order valence-corrected chi connectivity index (χ4v) is 5.17. The largest absolute Gasteiger partial charge is 0.516 e. The summed E-state index contributed by atoms with van der Waals surface area (Å²) in [6.45, 7) is 5.10. The molecule has 39 heavy (non-hydrogen) atoms. The van der Waals surface area contributed by atoms with Gasteiger partial charge in [-0.1, -0.05) is 25.2 Å². The molecule has 3 aromatic rings. The summed E-state index contributed by atoms with van der Waals surface area (Å²) in [5, 5.41) is 7.74. The normalized spacial score (nSPS) is 14.7. The molecule has 2 heterocycles. The summed E-state index contributed by atoms with van der Waals surface area (Å²) >= 11 is 0.810. The van der Waals surface area contributed by atoms with Crippen molar-refractivity contribution in [2.24, 2.45) is 16.1 Å². The molecule has 2 aromatic carbocycles. The Hall–Kier alpha value is -3.21. The van der Waals surface area contributed by atoms with Crippen molar-refractivity contribution in [2.45, 2.75) is 38.3 Å². The van der Waals surface area contributed by atoms with Crippen molar-refractivity contribution < 1.29 is 43.9 Å². The molecule has 4 rings (SSSR count). The van der Waals surface area contributed by atoms with Crippen LogP contribution in [0.1, 0.15) is 19.4 Å². The number of hydrogen-bond acceptors (Lipinski definition) is 8. The number of sulfonamides is 1. The molecule has 0 fully saturated rings. The quantitative estimate of drug-likeness (QED) is 0.207. The van der Waals surface area contributed by atoms with E-state index in [4.69, 9.17) is 0 Å². The predicted molar refractivity (Wildman–Crippen MR) is 131 cm³/mol. The van der Waals surface area contributed by atoms with Gasteiger partial charge in [0.1, 0.15) is 11.4 Å². The Morgan fingerprint density at radius 3 is 2.49 bits per heavy atom. The van der Waals surface area contributed by atoms with E-state index in [-0.39, 0.29) is 27.0 Å². The summed E-state index contributed by atoms with van der Waals surface area (Å²) in [7, 11) is -5.77. The van der Waals surface area contributed by atoms with Gasteiger partial charge in [-0.2, -0.15) is 39.2 Å². The highest BCUT2D eigenvalue weighted by Gasteiger charge is 2.46. The van der Waals surface area contributed by atoms with E-state index in [0.29, 0.717) is 25.2 Å². The molecule has 0 amide bonds. The van der Waals surface area contributed by atoms with Crippen LogP contribution in [-0.4, -0.2) is 44.5 Å². The number of anilines is 2. The Morgan fingerprint density at radius 2 is 1.85 bits per heavy atom. The Kier molecular flexibility index (Phi) is 7.68. The van der Waals surface area contributed by atoms with Crippen LogP contribution in [0.5, 0.6) is 5.75 Å². The minimum atomic E-state index is -5.77. The number of nitrogens with one attached hydrogen (secondary N) is 1. The Bertz CT molecular complexity index is 1510. The van der Waals surface area contributed by atoms with Crippen molar-refractivity contribution in [1.82, 2.24) is 4.98 Å². The highest BCUT2D eigenvalue weighted by Crippen LogP contribution is 2.41. The molecule has 1 aromatic heterocycles. The summed E-state index contributed by atoms with van der Waals surface area (Å²) in [6.07, 6.45) is -8.21. The van der Waals surface area contributed by atoms with Crippen LogP contribution in [0.3, 0.4) is 0 Å². The Labute approximate surface area is 221 Å². The second-order valence-corrected chi connectivity index (χ2v) is 11.6. The van der Waals surface area contributed by atoms with Gasteiger partial charge in [0.15, 0.2) is 0 Å². The molecule has 0 aliphatic carbocycles. The zero-order chi connectivity index (χ0) is 28.8. The van der Waals surface area contributed by atoms with Crippen LogP contribution in [0, 0.1) is 5.92 Å². The van der Waals surface area contributed by atoms with Crippen molar-refractivity contribution in [3.63, 3.8) is 0 Å². The third-order valence-corrected chi connectivity index (χ3v) is 7.42. The molecule has 0 bridgehead atoms. The molecule has 8 nitrogen and oxygen atoms in total. The first-order valence-corrected chi connectivity index (χ1v) is 13.5. The maximum absolute atomic E-state index is 13.2. The van der Waals surface area contributed by atoms with Gasteiger partial charge in [0.2, 0.25) is 5.13 Å². The number of fused-ring (bicyclic) bond motifs is 2. The van der Waals surface area contributed by atoms with Crippen LogP contribution in [0.2, 0.25) is 0 Å². The van der Waals surface area contributed by atoms with Crippen LogP contribution >= 0.6 is 11.3 Å². The predicted octanol–water partition coefficient (Wildman–Crippen LogP) is 7.23. The van der Waals surface area contributed by atoms with Crippen molar-refractivity contribution >= 4 is 53.8 Å². The zero-order valence-corrected chi connectivity index (χ0v) is 21.8. The van der Waals surface area contributed by atoms with Gasteiger partial charge >= 0.3 is 28.1 Å². The van der Waals surface area contributed by atoms with E-state index in [9.17, 15) is 39.2 Å². The summed E-state index contributed by atoms with van der Waals surface area (Å²) in [6, 6.07) is 5.98. The van der Waals surface area contributed by atoms with Gasteiger partial charge in [0.05, 0.1) is 15.9 Å². The number of hydrogen-bond donors (Lipinski definition) is 1. The standard InChI is InChI=1S/C22H20F7N5O3S2/c1-11(2)10-34-6-5-12-7-15(16(9-17(12)34)33-39(35,36)22(27,28)29)31-32-20-30-14-4-3-13(8-18(14)38-20)37-21(25,26)19(23)24/h3-4,7-9,11,19,33H,5-6,10H2,1-2H3. The molecule has 0 atom stereocenters. The van der Waals surface area contributed by atoms with Crippen LogP contribution in [0.4, 0.5) is 52.9 Å². The second kappa shape index (κ2) is 10.4. The molecular weight excluding hydrogens is 579 g/mol. The first-order valence-electron chi connectivity index (χ1n) is 11.2. The fourth-order valence-electron chi connectivity index (χ4n) is 3.79. The van der Waals surface area contributed by atoms with E-state index in [1.54, 1.807) is 0 Å². The maximum Gasteiger partial charge on any atom is 0.516 e. The van der Waals surface area contributed by atoms with Gasteiger partial charge < -0.3 is 9.64 Å². The molecule has 1 aliphatic rings. The number of rotatable bonds is 9. The summed E-state index contributed by atoms with van der Waals surface area (Å²) < 4.78 is 120. The monoisotopic (exact) mass is 599 g/mol. The van der Waals surface area contributed by atoms with E-state index in [0.717, 1.165) is 29.0 Å². The third-order valence-electron chi connectivity index (χ3n) is 5.42. The number of ether oxygens (including phenoxy) is 1. The molecule has 0 spiro atoms. The van der Waals surface area contributed by atoms with Gasteiger partial charge in [-0.25, -0.2) is 4.98 Å². The van der Waals surface area contributed by atoms with Crippen molar-refractivity contribution in [3.05, 3.63) is 35.9 Å². The summed E-state index contributed by atoms with van der Waals surface area (Å²) in [5.74, 6) is -0.314. The number of thiazole rings is 1. The first kappa shape index (κ1) is 28.8. The van der Waals surface area contributed by atoms with Crippen molar-refractivity contribution in [2.75, 3.05) is 22.7 Å². The lowest BCUT2D eigenvalue weighted by molar-refractivity contribution is -0.253. The zero-order valence-electron chi connectivity index (χ0n) is 20.1. The van der Waals surface area contributed by atoms with Gasteiger partial charge in [-0.3, -0.25) is 4.72 Å².